The van der Waals surface area contributed by atoms with Gasteiger partial charge in [-0.15, -0.1) is 0 Å². The summed E-state index contributed by atoms with van der Waals surface area (Å²) in [5.41, 5.74) is -0.483. The van der Waals surface area contributed by atoms with E-state index in [4.69, 9.17) is 9.47 Å². The fourth-order valence-corrected chi connectivity index (χ4v) is 2.08. The number of esters is 2. The van der Waals surface area contributed by atoms with Crippen LogP contribution in [0, 0.1) is 17.8 Å². The number of ether oxygens (including phenoxy) is 2. The van der Waals surface area contributed by atoms with Crippen LogP contribution < -0.4 is 0 Å². The quantitative estimate of drug-likeness (QED) is 0.725. The molecule has 1 rings (SSSR count). The van der Waals surface area contributed by atoms with Crippen molar-refractivity contribution in [3.8, 4) is 0 Å². The van der Waals surface area contributed by atoms with Gasteiger partial charge in [-0.05, 0) is 33.1 Å². The zero-order chi connectivity index (χ0) is 14.1. The van der Waals surface area contributed by atoms with E-state index in [0.29, 0.717) is 12.3 Å². The Balaban J connectivity index is 2.51. The molecule has 0 aromatic heterocycles. The van der Waals surface area contributed by atoms with Crippen LogP contribution in [0.15, 0.2) is 0 Å². The molecule has 0 aromatic carbocycles. The van der Waals surface area contributed by atoms with Gasteiger partial charge in [0.25, 0.3) is 0 Å². The monoisotopic (exact) mass is 256 g/mol. The molecular formula is C14H24O4. The molecule has 1 aliphatic heterocycles. The Bertz CT molecular complexity index is 327. The lowest BCUT2D eigenvalue weighted by Crippen LogP contribution is -2.49. The zero-order valence-electron chi connectivity index (χ0n) is 12.1. The topological polar surface area (TPSA) is 52.6 Å². The molecule has 0 aromatic rings. The minimum Gasteiger partial charge on any atom is -0.461 e. The first-order valence-corrected chi connectivity index (χ1v) is 6.55. The highest BCUT2D eigenvalue weighted by Crippen LogP contribution is 2.33. The van der Waals surface area contributed by atoms with E-state index in [9.17, 15) is 9.59 Å². The average molecular weight is 256 g/mol. The van der Waals surface area contributed by atoms with Crippen molar-refractivity contribution in [3.63, 3.8) is 0 Å². The molecule has 4 nitrogen and oxygen atoms in total. The van der Waals surface area contributed by atoms with E-state index < -0.39 is 5.60 Å². The fraction of sp³-hybridized carbons (Fsp3) is 0.857. The Morgan fingerprint density at radius 3 is 2.28 bits per heavy atom. The number of carbonyl (C=O) groups is 2. The molecule has 0 amide bonds. The second kappa shape index (κ2) is 5.29. The van der Waals surface area contributed by atoms with Crippen LogP contribution in [-0.2, 0) is 19.1 Å². The summed E-state index contributed by atoms with van der Waals surface area (Å²) in [6.07, 6.45) is 0.457. The zero-order valence-corrected chi connectivity index (χ0v) is 12.1. The van der Waals surface area contributed by atoms with Crippen LogP contribution >= 0.6 is 0 Å². The molecule has 0 saturated carbocycles. The number of hydrogen-bond acceptors (Lipinski definition) is 4. The summed E-state index contributed by atoms with van der Waals surface area (Å²) in [5, 5.41) is 0. The van der Waals surface area contributed by atoms with Gasteiger partial charge in [0.1, 0.15) is 11.7 Å². The number of hydrogen-bond donors (Lipinski definition) is 0. The normalized spacial score (nSPS) is 25.4. The smallest absolute Gasteiger partial charge is 0.313 e. The predicted octanol–water partition coefficient (Wildman–Crippen LogP) is 2.55. The molecule has 0 radical (unpaired) electrons. The highest BCUT2D eigenvalue weighted by atomic mass is 16.6. The number of cyclic esters (lactones) is 1. The molecule has 0 spiro atoms. The van der Waals surface area contributed by atoms with E-state index in [1.807, 2.05) is 34.6 Å². The van der Waals surface area contributed by atoms with Crippen LogP contribution in [0.2, 0.25) is 0 Å². The maximum atomic E-state index is 11.8. The Morgan fingerprint density at radius 1 is 1.33 bits per heavy atom. The molecule has 1 saturated heterocycles. The van der Waals surface area contributed by atoms with Gasteiger partial charge in [-0.2, -0.15) is 0 Å². The second-order valence-corrected chi connectivity index (χ2v) is 6.42. The molecule has 4 heteroatoms. The first kappa shape index (κ1) is 15.0. The van der Waals surface area contributed by atoms with E-state index >= 15 is 0 Å². The third kappa shape index (κ3) is 3.72. The summed E-state index contributed by atoms with van der Waals surface area (Å²) in [6.45, 7) is 11.4. The van der Waals surface area contributed by atoms with E-state index in [-0.39, 0.29) is 29.9 Å². The van der Waals surface area contributed by atoms with Gasteiger partial charge < -0.3 is 9.47 Å². The van der Waals surface area contributed by atoms with Crippen LogP contribution in [0.5, 0.6) is 0 Å². The first-order chi connectivity index (χ1) is 8.11. The molecule has 0 unspecified atom stereocenters. The molecule has 1 aliphatic rings. The van der Waals surface area contributed by atoms with Gasteiger partial charge in [-0.3, -0.25) is 9.59 Å². The lowest BCUT2D eigenvalue weighted by Gasteiger charge is -2.38. The van der Waals surface area contributed by atoms with Gasteiger partial charge in [-0.1, -0.05) is 20.8 Å². The van der Waals surface area contributed by atoms with Crippen molar-refractivity contribution in [2.45, 2.75) is 59.7 Å². The van der Waals surface area contributed by atoms with E-state index in [0.717, 1.165) is 0 Å². The minimum atomic E-state index is -0.483. The summed E-state index contributed by atoms with van der Waals surface area (Å²) in [6, 6.07) is 0. The fourth-order valence-electron chi connectivity index (χ4n) is 2.08. The van der Waals surface area contributed by atoms with Crippen molar-refractivity contribution in [1.82, 2.24) is 0 Å². The molecule has 0 N–H and O–H groups in total. The highest BCUT2D eigenvalue weighted by molar-refractivity contribution is 5.80. The minimum absolute atomic E-state index is 0.0533. The summed E-state index contributed by atoms with van der Waals surface area (Å²) in [5.74, 6) is -0.580. The largest absolute Gasteiger partial charge is 0.461 e. The molecule has 1 fully saturated rings. The molecule has 0 aliphatic carbocycles. The summed E-state index contributed by atoms with van der Waals surface area (Å²) in [7, 11) is 0. The molecule has 18 heavy (non-hydrogen) atoms. The van der Waals surface area contributed by atoms with E-state index in [1.165, 1.54) is 0 Å². The van der Waals surface area contributed by atoms with Crippen molar-refractivity contribution in [2.24, 2.45) is 17.8 Å². The second-order valence-electron chi connectivity index (χ2n) is 6.42. The van der Waals surface area contributed by atoms with Gasteiger partial charge in [0.2, 0.25) is 0 Å². The highest BCUT2D eigenvalue weighted by Gasteiger charge is 2.45. The Kier molecular flexibility index (Phi) is 4.41. The van der Waals surface area contributed by atoms with E-state index in [1.54, 1.807) is 6.92 Å². The Morgan fingerprint density at radius 2 is 1.89 bits per heavy atom. The van der Waals surface area contributed by atoms with Crippen molar-refractivity contribution in [3.05, 3.63) is 0 Å². The van der Waals surface area contributed by atoms with Crippen LogP contribution in [0.1, 0.15) is 48.0 Å². The standard InChI is InChI=1S/C14H24O4/c1-8(2)11-10(13(16)17-11)7-9(3)12(15)18-14(4,5)6/h8-11H,7H2,1-6H3/t9-,10+,11-/m0/s1. The predicted molar refractivity (Wildman–Crippen MR) is 67.8 cm³/mol. The summed E-state index contributed by atoms with van der Waals surface area (Å²) >= 11 is 0. The molecule has 1 heterocycles. The summed E-state index contributed by atoms with van der Waals surface area (Å²) in [4.78, 5) is 23.3. The van der Waals surface area contributed by atoms with Gasteiger partial charge in [-0.25, -0.2) is 0 Å². The average Bonchev–Trinajstić information content (AvgIpc) is 2.19. The van der Waals surface area contributed by atoms with E-state index in [2.05, 4.69) is 0 Å². The molecule has 104 valence electrons. The number of rotatable bonds is 4. The van der Waals surface area contributed by atoms with Gasteiger partial charge in [0.15, 0.2) is 0 Å². The number of carbonyl (C=O) groups excluding carboxylic acids is 2. The van der Waals surface area contributed by atoms with Crippen LogP contribution in [0.3, 0.4) is 0 Å². The molecule has 3 atom stereocenters. The van der Waals surface area contributed by atoms with Gasteiger partial charge >= 0.3 is 11.9 Å². The molecular weight excluding hydrogens is 232 g/mol. The van der Waals surface area contributed by atoms with Crippen LogP contribution in [-0.4, -0.2) is 23.6 Å². The Labute approximate surface area is 109 Å². The maximum absolute atomic E-state index is 11.8. The van der Waals surface area contributed by atoms with Gasteiger partial charge in [0, 0.05) is 0 Å². The van der Waals surface area contributed by atoms with Crippen molar-refractivity contribution in [2.75, 3.05) is 0 Å². The van der Waals surface area contributed by atoms with Crippen molar-refractivity contribution < 1.29 is 19.1 Å². The molecule has 0 bridgehead atoms. The van der Waals surface area contributed by atoms with Crippen LogP contribution in [0.25, 0.3) is 0 Å². The SMILES string of the molecule is CC(C)[C@@H]1OC(=O)[C@@H]1C[C@H](C)C(=O)OC(C)(C)C. The first-order valence-electron chi connectivity index (χ1n) is 6.55. The maximum Gasteiger partial charge on any atom is 0.313 e. The van der Waals surface area contributed by atoms with Crippen LogP contribution in [0.4, 0.5) is 0 Å². The van der Waals surface area contributed by atoms with Crippen molar-refractivity contribution in [1.29, 1.82) is 0 Å². The Hall–Kier alpha value is -1.06. The lowest BCUT2D eigenvalue weighted by molar-refractivity contribution is -0.193. The van der Waals surface area contributed by atoms with Crippen molar-refractivity contribution >= 4 is 11.9 Å². The third-order valence-electron chi connectivity index (χ3n) is 3.03. The summed E-state index contributed by atoms with van der Waals surface area (Å²) < 4.78 is 10.4. The van der Waals surface area contributed by atoms with Gasteiger partial charge in [0.05, 0.1) is 11.8 Å². The third-order valence-corrected chi connectivity index (χ3v) is 3.03. The lowest BCUT2D eigenvalue weighted by atomic mass is 9.82.